The summed E-state index contributed by atoms with van der Waals surface area (Å²) in [5.74, 6) is 1.00. The van der Waals surface area contributed by atoms with Crippen LogP contribution < -0.4 is 0 Å². The highest BCUT2D eigenvalue weighted by molar-refractivity contribution is 5.30. The SMILES string of the molecule is CCOC1=CC=CCC=C1C. The molecule has 1 rings (SSSR count). The summed E-state index contributed by atoms with van der Waals surface area (Å²) in [5.41, 5.74) is 1.23. The molecule has 0 saturated heterocycles. The summed E-state index contributed by atoms with van der Waals surface area (Å²) < 4.78 is 5.42. The highest BCUT2D eigenvalue weighted by Gasteiger charge is 1.99. The highest BCUT2D eigenvalue weighted by atomic mass is 16.5. The Balaban J connectivity index is 2.71. The van der Waals surface area contributed by atoms with Crippen LogP contribution in [-0.2, 0) is 4.74 Å². The molecule has 1 aliphatic rings. The van der Waals surface area contributed by atoms with Gasteiger partial charge in [0, 0.05) is 0 Å². The van der Waals surface area contributed by atoms with Gasteiger partial charge in [0.25, 0.3) is 0 Å². The molecule has 0 aromatic heterocycles. The van der Waals surface area contributed by atoms with Gasteiger partial charge in [-0.25, -0.2) is 0 Å². The summed E-state index contributed by atoms with van der Waals surface area (Å²) in [4.78, 5) is 0. The lowest BCUT2D eigenvalue weighted by molar-refractivity contribution is 0.238. The van der Waals surface area contributed by atoms with Crippen LogP contribution in [0, 0.1) is 0 Å². The largest absolute Gasteiger partial charge is 0.494 e. The van der Waals surface area contributed by atoms with Gasteiger partial charge in [-0.1, -0.05) is 18.2 Å². The lowest BCUT2D eigenvalue weighted by Gasteiger charge is -2.06. The van der Waals surface area contributed by atoms with Crippen LogP contribution in [0.5, 0.6) is 0 Å². The summed E-state index contributed by atoms with van der Waals surface area (Å²) in [6.07, 6.45) is 9.36. The zero-order chi connectivity index (χ0) is 8.10. The summed E-state index contributed by atoms with van der Waals surface area (Å²) in [5, 5.41) is 0. The maximum atomic E-state index is 5.42. The fourth-order valence-corrected chi connectivity index (χ4v) is 1.03. The van der Waals surface area contributed by atoms with Crippen molar-refractivity contribution in [3.63, 3.8) is 0 Å². The van der Waals surface area contributed by atoms with E-state index in [1.165, 1.54) is 5.57 Å². The Morgan fingerprint density at radius 3 is 3.09 bits per heavy atom. The van der Waals surface area contributed by atoms with Gasteiger partial charge < -0.3 is 4.74 Å². The maximum Gasteiger partial charge on any atom is 0.121 e. The fourth-order valence-electron chi connectivity index (χ4n) is 1.03. The molecule has 0 N–H and O–H groups in total. The first-order chi connectivity index (χ1) is 5.34. The van der Waals surface area contributed by atoms with Crippen molar-refractivity contribution in [3.8, 4) is 0 Å². The van der Waals surface area contributed by atoms with Gasteiger partial charge >= 0.3 is 0 Å². The van der Waals surface area contributed by atoms with Crippen LogP contribution in [0.4, 0.5) is 0 Å². The third-order valence-electron chi connectivity index (χ3n) is 1.63. The minimum Gasteiger partial charge on any atom is -0.494 e. The van der Waals surface area contributed by atoms with Gasteiger partial charge in [0.2, 0.25) is 0 Å². The van der Waals surface area contributed by atoms with Crippen molar-refractivity contribution in [3.05, 3.63) is 35.6 Å². The first-order valence-corrected chi connectivity index (χ1v) is 4.01. The Kier molecular flexibility index (Phi) is 2.96. The number of ether oxygens (including phenoxy) is 1. The quantitative estimate of drug-likeness (QED) is 0.588. The molecule has 0 heterocycles. The molecule has 11 heavy (non-hydrogen) atoms. The molecule has 60 valence electrons. The lowest BCUT2D eigenvalue weighted by atomic mass is 10.2. The van der Waals surface area contributed by atoms with E-state index in [0.29, 0.717) is 0 Å². The molecule has 0 aromatic rings. The van der Waals surface area contributed by atoms with Gasteiger partial charge in [-0.2, -0.15) is 0 Å². The van der Waals surface area contributed by atoms with Crippen molar-refractivity contribution in [2.45, 2.75) is 20.3 Å². The minimum absolute atomic E-state index is 0.741. The van der Waals surface area contributed by atoms with Gasteiger partial charge in [0.05, 0.1) is 6.61 Å². The van der Waals surface area contributed by atoms with Crippen LogP contribution in [0.3, 0.4) is 0 Å². The lowest BCUT2D eigenvalue weighted by Crippen LogP contribution is -1.91. The minimum atomic E-state index is 0.741. The predicted octanol–water partition coefficient (Wildman–Crippen LogP) is 2.81. The maximum absolute atomic E-state index is 5.42. The van der Waals surface area contributed by atoms with Crippen molar-refractivity contribution < 1.29 is 4.74 Å². The van der Waals surface area contributed by atoms with Gasteiger partial charge in [-0.15, -0.1) is 0 Å². The first-order valence-electron chi connectivity index (χ1n) is 4.01. The number of hydrogen-bond donors (Lipinski definition) is 0. The summed E-state index contributed by atoms with van der Waals surface area (Å²) in [6.45, 7) is 4.82. The van der Waals surface area contributed by atoms with E-state index in [9.17, 15) is 0 Å². The van der Waals surface area contributed by atoms with Crippen LogP contribution in [0.1, 0.15) is 20.3 Å². The third-order valence-corrected chi connectivity index (χ3v) is 1.63. The van der Waals surface area contributed by atoms with Gasteiger partial charge in [0.1, 0.15) is 5.76 Å². The Bertz CT molecular complexity index is 209. The Morgan fingerprint density at radius 2 is 2.36 bits per heavy atom. The molecule has 1 aliphatic carbocycles. The van der Waals surface area contributed by atoms with Crippen LogP contribution in [0.15, 0.2) is 35.6 Å². The van der Waals surface area contributed by atoms with E-state index in [2.05, 4.69) is 19.1 Å². The van der Waals surface area contributed by atoms with E-state index < -0.39 is 0 Å². The summed E-state index contributed by atoms with van der Waals surface area (Å²) >= 11 is 0. The third kappa shape index (κ3) is 2.26. The second-order valence-corrected chi connectivity index (χ2v) is 2.51. The van der Waals surface area contributed by atoms with Crippen molar-refractivity contribution >= 4 is 0 Å². The summed E-state index contributed by atoms with van der Waals surface area (Å²) in [6, 6.07) is 0. The number of allylic oxidation sites excluding steroid dienone is 5. The molecular formula is C10H14O. The highest BCUT2D eigenvalue weighted by Crippen LogP contribution is 2.14. The molecular weight excluding hydrogens is 136 g/mol. The van der Waals surface area contributed by atoms with Crippen LogP contribution in [0.25, 0.3) is 0 Å². The van der Waals surface area contributed by atoms with Crippen LogP contribution >= 0.6 is 0 Å². The van der Waals surface area contributed by atoms with Crippen molar-refractivity contribution in [2.24, 2.45) is 0 Å². The predicted molar refractivity (Wildman–Crippen MR) is 47.2 cm³/mol. The van der Waals surface area contributed by atoms with E-state index >= 15 is 0 Å². The standard InChI is InChI=1S/C10H14O/c1-3-11-10-8-6-4-5-7-9(10)2/h4,6-8H,3,5H2,1-2H3. The number of rotatable bonds is 2. The normalized spacial score (nSPS) is 16.9. The molecule has 0 amide bonds. The average molecular weight is 150 g/mol. The zero-order valence-electron chi connectivity index (χ0n) is 7.13. The molecule has 0 saturated carbocycles. The molecule has 0 unspecified atom stereocenters. The Hall–Kier alpha value is -0.980. The smallest absolute Gasteiger partial charge is 0.121 e. The Labute approximate surface area is 68.1 Å². The fraction of sp³-hybridized carbons (Fsp3) is 0.400. The van der Waals surface area contributed by atoms with Gasteiger partial charge in [0.15, 0.2) is 0 Å². The van der Waals surface area contributed by atoms with E-state index in [-0.39, 0.29) is 0 Å². The molecule has 0 fully saturated rings. The van der Waals surface area contributed by atoms with E-state index in [1.807, 2.05) is 19.1 Å². The second kappa shape index (κ2) is 4.02. The van der Waals surface area contributed by atoms with Crippen molar-refractivity contribution in [1.29, 1.82) is 0 Å². The Morgan fingerprint density at radius 1 is 1.55 bits per heavy atom. The molecule has 0 spiro atoms. The molecule has 0 bridgehead atoms. The van der Waals surface area contributed by atoms with Crippen molar-refractivity contribution in [1.82, 2.24) is 0 Å². The van der Waals surface area contributed by atoms with Crippen LogP contribution in [0.2, 0.25) is 0 Å². The monoisotopic (exact) mass is 150 g/mol. The molecule has 0 radical (unpaired) electrons. The molecule has 0 aromatic carbocycles. The molecule has 1 nitrogen and oxygen atoms in total. The van der Waals surface area contributed by atoms with E-state index in [0.717, 1.165) is 18.8 Å². The molecule has 0 aliphatic heterocycles. The van der Waals surface area contributed by atoms with Gasteiger partial charge in [-0.05, 0) is 31.9 Å². The number of hydrogen-bond acceptors (Lipinski definition) is 1. The van der Waals surface area contributed by atoms with E-state index in [4.69, 9.17) is 4.74 Å². The molecule has 1 heteroatoms. The average Bonchev–Trinajstić information content (AvgIpc) is 2.18. The zero-order valence-corrected chi connectivity index (χ0v) is 7.13. The first kappa shape index (κ1) is 8.12. The van der Waals surface area contributed by atoms with Crippen molar-refractivity contribution in [2.75, 3.05) is 6.61 Å². The van der Waals surface area contributed by atoms with Gasteiger partial charge in [-0.3, -0.25) is 0 Å². The topological polar surface area (TPSA) is 9.23 Å². The molecule has 0 atom stereocenters. The van der Waals surface area contributed by atoms with Crippen LogP contribution in [-0.4, -0.2) is 6.61 Å². The summed E-state index contributed by atoms with van der Waals surface area (Å²) in [7, 11) is 0. The van der Waals surface area contributed by atoms with E-state index in [1.54, 1.807) is 0 Å². The second-order valence-electron chi connectivity index (χ2n) is 2.51.